The fraction of sp³-hybridized carbons (Fsp3) is 0.130. The third-order valence-corrected chi connectivity index (χ3v) is 6.33. The van der Waals surface area contributed by atoms with Gasteiger partial charge in [-0.2, -0.15) is 26.3 Å². The smallest absolute Gasteiger partial charge is 0.282 e. The molecule has 1 atom stereocenters. The van der Waals surface area contributed by atoms with E-state index in [1.54, 1.807) is 0 Å². The average Bonchev–Trinajstić information content (AvgIpc) is 2.83. The van der Waals surface area contributed by atoms with Crippen LogP contribution in [0.15, 0.2) is 54.7 Å². The molecule has 15 heteroatoms. The molecule has 0 bridgehead atoms. The largest absolute Gasteiger partial charge is 0.417 e. The van der Waals surface area contributed by atoms with Crippen molar-refractivity contribution in [3.63, 3.8) is 0 Å². The summed E-state index contributed by atoms with van der Waals surface area (Å²) in [6, 6.07) is 5.92. The Morgan fingerprint density at radius 2 is 1.55 bits per heavy atom. The number of nitrogens with one attached hydrogen (secondary N) is 2. The molecule has 0 aliphatic rings. The van der Waals surface area contributed by atoms with Crippen LogP contribution in [0.1, 0.15) is 33.0 Å². The first-order chi connectivity index (χ1) is 17.6. The fourth-order valence-electron chi connectivity index (χ4n) is 3.14. The molecule has 1 aromatic heterocycles. The van der Waals surface area contributed by atoms with Crippen molar-refractivity contribution >= 4 is 64.0 Å². The van der Waals surface area contributed by atoms with Crippen molar-refractivity contribution in [2.24, 2.45) is 0 Å². The molecule has 0 saturated heterocycles. The number of allylic oxidation sites excluding steroid dienone is 1. The third kappa shape index (κ3) is 7.22. The monoisotopic (exact) mass is 619 g/mol. The lowest BCUT2D eigenvalue weighted by atomic mass is 9.95. The highest BCUT2D eigenvalue weighted by Gasteiger charge is 2.41. The number of aromatic nitrogens is 1. The predicted octanol–water partition coefficient (Wildman–Crippen LogP) is 9.13. The topological polar surface area (TPSA) is 54.0 Å². The zero-order valence-electron chi connectivity index (χ0n) is 18.3. The molecule has 0 saturated carbocycles. The molecule has 0 spiro atoms. The number of rotatable bonds is 6. The van der Waals surface area contributed by atoms with Gasteiger partial charge in [0.2, 0.25) is 0 Å². The molecule has 0 radical (unpaired) electrons. The number of pyridine rings is 1. The van der Waals surface area contributed by atoms with Crippen LogP contribution in [0.25, 0.3) is 5.83 Å². The van der Waals surface area contributed by atoms with Crippen molar-refractivity contribution in [1.82, 2.24) is 10.4 Å². The van der Waals surface area contributed by atoms with Crippen molar-refractivity contribution in [3.8, 4) is 0 Å². The number of carbonyl (C=O) groups excluding carboxylic acids is 1. The Morgan fingerprint density at radius 1 is 0.921 bits per heavy atom. The van der Waals surface area contributed by atoms with Crippen molar-refractivity contribution in [3.05, 3.63) is 97.1 Å². The van der Waals surface area contributed by atoms with E-state index in [-0.39, 0.29) is 38.1 Å². The summed E-state index contributed by atoms with van der Waals surface area (Å²) in [5.41, 5.74) is 0.297. The molecule has 2 N–H and O–H groups in total. The molecule has 0 fully saturated rings. The first kappa shape index (κ1) is 29.8. The molecule has 2 aromatic carbocycles. The van der Waals surface area contributed by atoms with Crippen LogP contribution in [0.2, 0.25) is 20.1 Å². The SMILES string of the molecule is O=C(NNc1ccc(Cl)cn1)c1ccc(/C(F)=C/C(c2cc(Cl)c(Cl)c(Cl)c2)C(F)(F)F)cc1C(F)(F)F. The van der Waals surface area contributed by atoms with Crippen molar-refractivity contribution < 1.29 is 35.5 Å². The van der Waals surface area contributed by atoms with Gasteiger partial charge in [0.25, 0.3) is 5.91 Å². The Morgan fingerprint density at radius 3 is 2.08 bits per heavy atom. The van der Waals surface area contributed by atoms with Crippen molar-refractivity contribution in [1.29, 1.82) is 0 Å². The molecule has 3 aromatic rings. The second-order valence-corrected chi connectivity index (χ2v) is 9.16. The van der Waals surface area contributed by atoms with Crippen LogP contribution in [-0.4, -0.2) is 17.1 Å². The Kier molecular flexibility index (Phi) is 9.08. The highest BCUT2D eigenvalue weighted by molar-refractivity contribution is 6.48. The van der Waals surface area contributed by atoms with E-state index in [0.717, 1.165) is 18.2 Å². The van der Waals surface area contributed by atoms with Crippen molar-refractivity contribution in [2.75, 3.05) is 5.43 Å². The summed E-state index contributed by atoms with van der Waals surface area (Å²) in [4.78, 5) is 16.2. The lowest BCUT2D eigenvalue weighted by Gasteiger charge is -2.19. The van der Waals surface area contributed by atoms with E-state index in [9.17, 15) is 35.5 Å². The van der Waals surface area contributed by atoms with Gasteiger partial charge in [-0.25, -0.2) is 9.37 Å². The number of benzene rings is 2. The molecule has 1 heterocycles. The van der Waals surface area contributed by atoms with Crippen molar-refractivity contribution in [2.45, 2.75) is 18.3 Å². The Hall–Kier alpha value is -2.73. The number of carbonyl (C=O) groups is 1. The van der Waals surface area contributed by atoms with Crippen LogP contribution in [0, 0.1) is 0 Å². The van der Waals surface area contributed by atoms with Gasteiger partial charge in [-0.1, -0.05) is 52.5 Å². The number of alkyl halides is 6. The van der Waals surface area contributed by atoms with E-state index in [1.807, 2.05) is 5.43 Å². The molecule has 0 aliphatic carbocycles. The summed E-state index contributed by atoms with van der Waals surface area (Å²) < 4.78 is 97.3. The van der Waals surface area contributed by atoms with E-state index >= 15 is 0 Å². The van der Waals surface area contributed by atoms with E-state index in [4.69, 9.17) is 46.4 Å². The zero-order valence-corrected chi connectivity index (χ0v) is 21.3. The first-order valence-electron chi connectivity index (χ1n) is 10.1. The van der Waals surface area contributed by atoms with Gasteiger partial charge in [-0.15, -0.1) is 0 Å². The normalized spacial score (nSPS) is 13.3. The summed E-state index contributed by atoms with van der Waals surface area (Å²) in [5.74, 6) is -5.51. The molecular formula is C23H12Cl4F7N3O. The van der Waals surface area contributed by atoms with Gasteiger partial charge in [0.1, 0.15) is 17.6 Å². The highest BCUT2D eigenvalue weighted by atomic mass is 35.5. The number of halogens is 11. The van der Waals surface area contributed by atoms with E-state index in [2.05, 4.69) is 10.4 Å². The Bertz CT molecular complexity index is 1350. The minimum absolute atomic E-state index is 0.0440. The number of hydrazine groups is 1. The molecule has 1 amide bonds. The maximum absolute atomic E-state index is 15.0. The van der Waals surface area contributed by atoms with Crippen LogP contribution >= 0.6 is 46.4 Å². The molecule has 202 valence electrons. The van der Waals surface area contributed by atoms with Gasteiger partial charge in [0.15, 0.2) is 0 Å². The maximum Gasteiger partial charge on any atom is 0.417 e. The Balaban J connectivity index is 1.97. The minimum atomic E-state index is -5.16. The highest BCUT2D eigenvalue weighted by Crippen LogP contribution is 2.42. The predicted molar refractivity (Wildman–Crippen MR) is 131 cm³/mol. The molecular weight excluding hydrogens is 609 g/mol. The van der Waals surface area contributed by atoms with Gasteiger partial charge in [0.05, 0.1) is 31.2 Å². The number of anilines is 1. The number of hydrogen-bond donors (Lipinski definition) is 2. The number of amides is 1. The zero-order chi connectivity index (χ0) is 28.4. The summed E-state index contributed by atoms with van der Waals surface area (Å²) in [6.07, 6.45) is -8.96. The second-order valence-electron chi connectivity index (χ2n) is 7.53. The van der Waals surface area contributed by atoms with Crippen LogP contribution in [0.3, 0.4) is 0 Å². The van der Waals surface area contributed by atoms with Gasteiger partial charge in [-0.05, 0) is 48.0 Å². The molecule has 3 rings (SSSR count). The maximum atomic E-state index is 15.0. The standard InChI is InChI=1S/C23H12Cl4F7N3O/c24-12-2-4-19(35-9-12)36-37-21(38)13-3-1-10(5-15(13)23(32,33)34)18(28)8-14(22(29,30)31)11-6-16(25)20(27)17(26)7-11/h1-9,14H,(H,35,36)(H,37,38)/b18-8-. The van der Waals surface area contributed by atoms with Gasteiger partial charge >= 0.3 is 12.4 Å². The summed E-state index contributed by atoms with van der Waals surface area (Å²) in [7, 11) is 0. The Labute approximate surface area is 230 Å². The lowest BCUT2D eigenvalue weighted by molar-refractivity contribution is -0.140. The summed E-state index contributed by atoms with van der Waals surface area (Å²) >= 11 is 23.0. The van der Waals surface area contributed by atoms with Crippen LogP contribution in [0.5, 0.6) is 0 Å². The van der Waals surface area contributed by atoms with Gasteiger partial charge < -0.3 is 0 Å². The van der Waals surface area contributed by atoms with Gasteiger partial charge in [0, 0.05) is 11.8 Å². The summed E-state index contributed by atoms with van der Waals surface area (Å²) in [5, 5.41) is -0.641. The minimum Gasteiger partial charge on any atom is -0.282 e. The van der Waals surface area contributed by atoms with E-state index < -0.39 is 52.3 Å². The van der Waals surface area contributed by atoms with E-state index in [0.29, 0.717) is 6.07 Å². The second kappa shape index (κ2) is 11.6. The van der Waals surface area contributed by atoms with Crippen LogP contribution in [0.4, 0.5) is 36.6 Å². The van der Waals surface area contributed by atoms with Crippen LogP contribution < -0.4 is 10.9 Å². The number of hydrogen-bond acceptors (Lipinski definition) is 3. The number of nitrogens with zero attached hydrogens (tertiary/aromatic N) is 1. The molecule has 38 heavy (non-hydrogen) atoms. The third-order valence-electron chi connectivity index (χ3n) is 4.91. The average molecular weight is 621 g/mol. The molecule has 0 aliphatic heterocycles. The fourth-order valence-corrected chi connectivity index (χ4v) is 3.87. The summed E-state index contributed by atoms with van der Waals surface area (Å²) in [6.45, 7) is 0. The molecule has 1 unspecified atom stereocenters. The first-order valence-corrected chi connectivity index (χ1v) is 11.6. The van der Waals surface area contributed by atoms with E-state index in [1.165, 1.54) is 18.3 Å². The quantitative estimate of drug-likeness (QED) is 0.164. The molecule has 4 nitrogen and oxygen atoms in total. The lowest BCUT2D eigenvalue weighted by Crippen LogP contribution is -2.31. The van der Waals surface area contributed by atoms with Crippen LogP contribution in [-0.2, 0) is 6.18 Å². The van der Waals surface area contributed by atoms with Gasteiger partial charge in [-0.3, -0.25) is 15.6 Å².